The van der Waals surface area contributed by atoms with E-state index >= 15 is 0 Å². The molecule has 0 bridgehead atoms. The van der Waals surface area contributed by atoms with Gasteiger partial charge in [-0.2, -0.15) is 0 Å². The minimum Gasteiger partial charge on any atom is -0.454 e. The van der Waals surface area contributed by atoms with E-state index in [-0.39, 0.29) is 12.7 Å². The molecule has 1 saturated heterocycles. The van der Waals surface area contributed by atoms with Gasteiger partial charge >= 0.3 is 0 Å². The highest BCUT2D eigenvalue weighted by Gasteiger charge is 2.17. The fourth-order valence-electron chi connectivity index (χ4n) is 3.17. The Morgan fingerprint density at radius 1 is 0.958 bits per heavy atom. The molecule has 5 nitrogen and oxygen atoms in total. The maximum Gasteiger partial charge on any atom is 0.255 e. The third kappa shape index (κ3) is 3.02. The molecule has 0 aliphatic carbocycles. The van der Waals surface area contributed by atoms with Gasteiger partial charge in [-0.15, -0.1) is 0 Å². The second-order valence-electron chi connectivity index (χ2n) is 6.12. The number of amides is 1. The largest absolute Gasteiger partial charge is 0.454 e. The lowest BCUT2D eigenvalue weighted by Crippen LogP contribution is -2.29. The Morgan fingerprint density at radius 3 is 2.67 bits per heavy atom. The van der Waals surface area contributed by atoms with Crippen LogP contribution in [0.25, 0.3) is 0 Å². The molecule has 0 saturated carbocycles. The van der Waals surface area contributed by atoms with Gasteiger partial charge in [0.2, 0.25) is 6.79 Å². The zero-order chi connectivity index (χ0) is 16.4. The number of nitrogens with zero attached hydrogens (tertiary/aromatic N) is 1. The van der Waals surface area contributed by atoms with Crippen LogP contribution >= 0.6 is 0 Å². The van der Waals surface area contributed by atoms with Gasteiger partial charge in [0.05, 0.1) is 0 Å². The average Bonchev–Trinajstić information content (AvgIpc) is 3.10. The molecule has 124 valence electrons. The van der Waals surface area contributed by atoms with Gasteiger partial charge in [0, 0.05) is 30.0 Å². The molecule has 0 radical (unpaired) electrons. The smallest absolute Gasteiger partial charge is 0.255 e. The van der Waals surface area contributed by atoms with Gasteiger partial charge in [0.1, 0.15) is 0 Å². The minimum absolute atomic E-state index is 0.149. The van der Waals surface area contributed by atoms with Crippen LogP contribution in [0.15, 0.2) is 42.5 Å². The van der Waals surface area contributed by atoms with Crippen LogP contribution in [-0.4, -0.2) is 25.8 Å². The number of nitrogens with one attached hydrogen (secondary N) is 1. The SMILES string of the molecule is O=C(Nc1cccc(N2CCCCC2)c1)c1ccc2c(c1)OCO2. The Labute approximate surface area is 141 Å². The van der Waals surface area contributed by atoms with E-state index in [4.69, 9.17) is 9.47 Å². The van der Waals surface area contributed by atoms with Crippen molar-refractivity contribution in [1.29, 1.82) is 0 Å². The Hall–Kier alpha value is -2.69. The first-order valence-electron chi connectivity index (χ1n) is 8.36. The zero-order valence-corrected chi connectivity index (χ0v) is 13.5. The fraction of sp³-hybridized carbons (Fsp3) is 0.316. The van der Waals surface area contributed by atoms with Crippen molar-refractivity contribution in [1.82, 2.24) is 0 Å². The standard InChI is InChI=1S/C19H20N2O3/c22-19(14-7-8-17-18(11-14)24-13-23-17)20-15-5-4-6-16(12-15)21-9-2-1-3-10-21/h4-8,11-12H,1-3,9-10,13H2,(H,20,22). The first-order valence-corrected chi connectivity index (χ1v) is 8.36. The van der Waals surface area contributed by atoms with Crippen LogP contribution < -0.4 is 19.7 Å². The first kappa shape index (κ1) is 14.9. The normalized spacial score (nSPS) is 16.1. The lowest BCUT2D eigenvalue weighted by molar-refractivity contribution is 0.102. The van der Waals surface area contributed by atoms with Crippen LogP contribution in [0.3, 0.4) is 0 Å². The van der Waals surface area contributed by atoms with Gasteiger partial charge in [0.15, 0.2) is 11.5 Å². The monoisotopic (exact) mass is 324 g/mol. The molecule has 2 aliphatic heterocycles. The van der Waals surface area contributed by atoms with E-state index in [9.17, 15) is 4.79 Å². The number of rotatable bonds is 3. The average molecular weight is 324 g/mol. The molecule has 4 rings (SSSR count). The quantitative estimate of drug-likeness (QED) is 0.936. The number of hydrogen-bond acceptors (Lipinski definition) is 4. The van der Waals surface area contributed by atoms with E-state index in [1.807, 2.05) is 18.2 Å². The first-order chi connectivity index (χ1) is 11.8. The van der Waals surface area contributed by atoms with Gasteiger partial charge < -0.3 is 19.7 Å². The van der Waals surface area contributed by atoms with E-state index in [0.717, 1.165) is 24.5 Å². The summed E-state index contributed by atoms with van der Waals surface area (Å²) in [5.41, 5.74) is 2.53. The molecule has 0 aromatic heterocycles. The third-order valence-corrected chi connectivity index (χ3v) is 4.46. The van der Waals surface area contributed by atoms with Crippen LogP contribution in [0.1, 0.15) is 29.6 Å². The topological polar surface area (TPSA) is 50.8 Å². The van der Waals surface area contributed by atoms with E-state index < -0.39 is 0 Å². The third-order valence-electron chi connectivity index (χ3n) is 4.46. The van der Waals surface area contributed by atoms with Crippen LogP contribution in [-0.2, 0) is 0 Å². The molecule has 2 aromatic carbocycles. The number of hydrogen-bond donors (Lipinski definition) is 1. The zero-order valence-electron chi connectivity index (χ0n) is 13.5. The van der Waals surface area contributed by atoms with E-state index in [1.54, 1.807) is 18.2 Å². The van der Waals surface area contributed by atoms with Crippen molar-refractivity contribution < 1.29 is 14.3 Å². The lowest BCUT2D eigenvalue weighted by Gasteiger charge is -2.29. The van der Waals surface area contributed by atoms with Gasteiger partial charge in [-0.1, -0.05) is 6.07 Å². The molecule has 0 unspecified atom stereocenters. The molecule has 5 heteroatoms. The highest BCUT2D eigenvalue weighted by Crippen LogP contribution is 2.32. The molecular weight excluding hydrogens is 304 g/mol. The predicted octanol–water partition coefficient (Wildman–Crippen LogP) is 3.66. The molecule has 1 N–H and O–H groups in total. The number of carbonyl (C=O) groups excluding carboxylic acids is 1. The summed E-state index contributed by atoms with van der Waals surface area (Å²) in [4.78, 5) is 14.9. The van der Waals surface area contributed by atoms with E-state index in [2.05, 4.69) is 16.3 Å². The summed E-state index contributed by atoms with van der Waals surface area (Å²) in [6.07, 6.45) is 3.76. The van der Waals surface area contributed by atoms with Crippen molar-refractivity contribution in [3.63, 3.8) is 0 Å². The summed E-state index contributed by atoms with van der Waals surface area (Å²) in [5, 5.41) is 2.97. The van der Waals surface area contributed by atoms with Crippen molar-refractivity contribution >= 4 is 17.3 Å². The van der Waals surface area contributed by atoms with E-state index in [1.165, 1.54) is 19.3 Å². The number of anilines is 2. The Bertz CT molecular complexity index is 754. The number of fused-ring (bicyclic) bond motifs is 1. The van der Waals surface area contributed by atoms with Crippen molar-refractivity contribution in [2.24, 2.45) is 0 Å². The van der Waals surface area contributed by atoms with Crippen LogP contribution in [0.5, 0.6) is 11.5 Å². The van der Waals surface area contributed by atoms with Crippen molar-refractivity contribution in [2.45, 2.75) is 19.3 Å². The Kier molecular flexibility index (Phi) is 3.99. The number of carbonyl (C=O) groups is 1. The highest BCUT2D eigenvalue weighted by molar-refractivity contribution is 6.04. The minimum atomic E-state index is -0.149. The molecule has 0 atom stereocenters. The van der Waals surface area contributed by atoms with Crippen LogP contribution in [0, 0.1) is 0 Å². The van der Waals surface area contributed by atoms with Gasteiger partial charge in [-0.25, -0.2) is 0 Å². The summed E-state index contributed by atoms with van der Waals surface area (Å²) < 4.78 is 10.6. The van der Waals surface area contributed by atoms with Gasteiger partial charge in [-0.05, 0) is 55.7 Å². The maximum atomic E-state index is 12.5. The fourth-order valence-corrected chi connectivity index (χ4v) is 3.17. The molecule has 0 spiro atoms. The lowest BCUT2D eigenvalue weighted by atomic mass is 10.1. The summed E-state index contributed by atoms with van der Waals surface area (Å²) >= 11 is 0. The van der Waals surface area contributed by atoms with Gasteiger partial charge in [-0.3, -0.25) is 4.79 Å². The summed E-state index contributed by atoms with van der Waals surface area (Å²) in [6, 6.07) is 13.3. The number of ether oxygens (including phenoxy) is 2. The number of piperidine rings is 1. The molecular formula is C19H20N2O3. The molecule has 24 heavy (non-hydrogen) atoms. The molecule has 2 heterocycles. The van der Waals surface area contributed by atoms with Gasteiger partial charge in [0.25, 0.3) is 5.91 Å². The Balaban J connectivity index is 1.49. The van der Waals surface area contributed by atoms with Crippen molar-refractivity contribution in [2.75, 3.05) is 30.1 Å². The van der Waals surface area contributed by atoms with Crippen molar-refractivity contribution in [3.8, 4) is 11.5 Å². The molecule has 1 fully saturated rings. The predicted molar refractivity (Wildman–Crippen MR) is 93.0 cm³/mol. The maximum absolute atomic E-state index is 12.5. The summed E-state index contributed by atoms with van der Waals surface area (Å²) in [5.74, 6) is 1.15. The number of benzene rings is 2. The second-order valence-corrected chi connectivity index (χ2v) is 6.12. The van der Waals surface area contributed by atoms with Crippen LogP contribution in [0.2, 0.25) is 0 Å². The van der Waals surface area contributed by atoms with E-state index in [0.29, 0.717) is 17.1 Å². The summed E-state index contributed by atoms with van der Waals surface area (Å²) in [6.45, 7) is 2.37. The van der Waals surface area contributed by atoms with Crippen LogP contribution in [0.4, 0.5) is 11.4 Å². The summed E-state index contributed by atoms with van der Waals surface area (Å²) in [7, 11) is 0. The molecule has 2 aliphatic rings. The molecule has 2 aromatic rings. The Morgan fingerprint density at radius 2 is 1.79 bits per heavy atom. The molecule has 1 amide bonds. The second kappa shape index (κ2) is 6.43. The van der Waals surface area contributed by atoms with Crippen molar-refractivity contribution in [3.05, 3.63) is 48.0 Å². The highest BCUT2D eigenvalue weighted by atomic mass is 16.7.